The van der Waals surface area contributed by atoms with Crippen molar-refractivity contribution < 1.29 is 19.4 Å². The summed E-state index contributed by atoms with van der Waals surface area (Å²) >= 11 is 0. The van der Waals surface area contributed by atoms with Crippen LogP contribution in [-0.4, -0.2) is 23.8 Å². The van der Waals surface area contributed by atoms with Gasteiger partial charge < -0.3 is 9.84 Å². The summed E-state index contributed by atoms with van der Waals surface area (Å²) in [6.07, 6.45) is 2.49. The van der Waals surface area contributed by atoms with Crippen molar-refractivity contribution in [3.05, 3.63) is 53.3 Å². The average Bonchev–Trinajstić information content (AvgIpc) is 2.40. The van der Waals surface area contributed by atoms with Crippen LogP contribution in [0.4, 0.5) is 0 Å². The van der Waals surface area contributed by atoms with Gasteiger partial charge in [-0.1, -0.05) is 12.1 Å². The van der Waals surface area contributed by atoms with E-state index in [9.17, 15) is 14.7 Å². The fraction of sp³-hybridized carbons (Fsp3) is 0.143. The molecule has 0 saturated heterocycles. The molecule has 4 nitrogen and oxygen atoms in total. The number of hydrogen-bond acceptors (Lipinski definition) is 4. The van der Waals surface area contributed by atoms with Gasteiger partial charge in [-0.15, -0.1) is 0 Å². The van der Waals surface area contributed by atoms with Crippen LogP contribution in [-0.2, 0) is 16.0 Å². The monoisotopic (exact) mass is 244 g/mol. The number of rotatable bonds is 3. The van der Waals surface area contributed by atoms with Crippen LogP contribution in [0.2, 0.25) is 0 Å². The van der Waals surface area contributed by atoms with Crippen LogP contribution >= 0.6 is 0 Å². The standard InChI is InChI=1S/C14H12O4/c1-18-10-4-2-9(3-5-10)8-11-12(15)6-7-13(16)14(11)17/h2-7,17H,8H2,1H3. The molecule has 0 fully saturated rings. The van der Waals surface area contributed by atoms with Gasteiger partial charge in [-0.3, -0.25) is 9.59 Å². The molecule has 0 radical (unpaired) electrons. The highest BCUT2D eigenvalue weighted by Crippen LogP contribution is 2.19. The fourth-order valence-electron chi connectivity index (χ4n) is 1.71. The molecule has 0 atom stereocenters. The lowest BCUT2D eigenvalue weighted by molar-refractivity contribution is -0.117. The third-order valence-electron chi connectivity index (χ3n) is 2.74. The summed E-state index contributed by atoms with van der Waals surface area (Å²) in [6, 6.07) is 7.10. The van der Waals surface area contributed by atoms with E-state index < -0.39 is 11.5 Å². The minimum Gasteiger partial charge on any atom is -0.504 e. The summed E-state index contributed by atoms with van der Waals surface area (Å²) in [4.78, 5) is 22.9. The Kier molecular flexibility index (Phi) is 3.28. The number of hydrogen-bond donors (Lipinski definition) is 1. The van der Waals surface area contributed by atoms with Crippen molar-refractivity contribution in [1.29, 1.82) is 0 Å². The van der Waals surface area contributed by atoms with Crippen molar-refractivity contribution in [2.45, 2.75) is 6.42 Å². The Morgan fingerprint density at radius 1 is 1.06 bits per heavy atom. The first-order valence-corrected chi connectivity index (χ1v) is 5.43. The van der Waals surface area contributed by atoms with E-state index in [4.69, 9.17) is 4.74 Å². The molecule has 0 unspecified atom stereocenters. The van der Waals surface area contributed by atoms with Crippen LogP contribution in [0.25, 0.3) is 0 Å². The molecule has 0 amide bonds. The lowest BCUT2D eigenvalue weighted by Gasteiger charge is -2.10. The predicted molar refractivity (Wildman–Crippen MR) is 65.5 cm³/mol. The summed E-state index contributed by atoms with van der Waals surface area (Å²) in [6.45, 7) is 0. The van der Waals surface area contributed by atoms with Crippen LogP contribution in [0, 0.1) is 0 Å². The molecular formula is C14H12O4. The maximum absolute atomic E-state index is 11.6. The maximum Gasteiger partial charge on any atom is 0.220 e. The zero-order valence-electron chi connectivity index (χ0n) is 9.84. The molecule has 0 saturated carbocycles. The number of ether oxygens (including phenoxy) is 1. The molecule has 2 rings (SSSR count). The Bertz CT molecular complexity index is 550. The van der Waals surface area contributed by atoms with Gasteiger partial charge in [0.05, 0.1) is 7.11 Å². The number of aliphatic hydroxyl groups is 1. The Morgan fingerprint density at radius 2 is 1.67 bits per heavy atom. The molecule has 4 heteroatoms. The Morgan fingerprint density at radius 3 is 2.28 bits per heavy atom. The topological polar surface area (TPSA) is 63.6 Å². The molecule has 0 bridgehead atoms. The summed E-state index contributed by atoms with van der Waals surface area (Å²) in [7, 11) is 1.57. The van der Waals surface area contributed by atoms with Gasteiger partial charge in [-0.25, -0.2) is 0 Å². The third kappa shape index (κ3) is 2.32. The van der Waals surface area contributed by atoms with E-state index in [1.165, 1.54) is 6.08 Å². The molecule has 1 aromatic rings. The van der Waals surface area contributed by atoms with E-state index in [2.05, 4.69) is 0 Å². The SMILES string of the molecule is COc1ccc(CC2=C(O)C(=O)C=CC2=O)cc1. The number of methoxy groups -OCH3 is 1. The first kappa shape index (κ1) is 12.1. The van der Waals surface area contributed by atoms with Crippen LogP contribution in [0.5, 0.6) is 5.75 Å². The van der Waals surface area contributed by atoms with E-state index in [0.29, 0.717) is 5.75 Å². The molecular weight excluding hydrogens is 232 g/mol. The minimum atomic E-state index is -0.530. The molecule has 1 aliphatic carbocycles. The first-order chi connectivity index (χ1) is 8.61. The smallest absolute Gasteiger partial charge is 0.220 e. The zero-order valence-corrected chi connectivity index (χ0v) is 9.84. The van der Waals surface area contributed by atoms with E-state index in [1.807, 2.05) is 0 Å². The lowest BCUT2D eigenvalue weighted by Crippen LogP contribution is -2.16. The second-order valence-electron chi connectivity index (χ2n) is 3.91. The Balaban J connectivity index is 2.24. The fourth-order valence-corrected chi connectivity index (χ4v) is 1.71. The molecule has 1 aromatic carbocycles. The second kappa shape index (κ2) is 4.87. The van der Waals surface area contributed by atoms with E-state index in [-0.39, 0.29) is 17.8 Å². The third-order valence-corrected chi connectivity index (χ3v) is 2.74. The number of ketones is 2. The van der Waals surface area contributed by atoms with Gasteiger partial charge in [0.15, 0.2) is 11.5 Å². The first-order valence-electron chi connectivity index (χ1n) is 5.43. The van der Waals surface area contributed by atoms with E-state index in [0.717, 1.165) is 11.6 Å². The molecule has 1 aliphatic rings. The average molecular weight is 244 g/mol. The molecule has 0 spiro atoms. The van der Waals surface area contributed by atoms with Crippen molar-refractivity contribution in [2.75, 3.05) is 7.11 Å². The van der Waals surface area contributed by atoms with Gasteiger partial charge >= 0.3 is 0 Å². The van der Waals surface area contributed by atoms with Crippen molar-refractivity contribution in [2.24, 2.45) is 0 Å². The zero-order chi connectivity index (χ0) is 13.1. The number of allylic oxidation sites excluding steroid dienone is 3. The molecule has 0 aromatic heterocycles. The van der Waals surface area contributed by atoms with Gasteiger partial charge in [0.2, 0.25) is 5.78 Å². The quantitative estimate of drug-likeness (QED) is 0.823. The van der Waals surface area contributed by atoms with Gasteiger partial charge in [0.1, 0.15) is 5.75 Å². The highest BCUT2D eigenvalue weighted by molar-refractivity contribution is 6.19. The van der Waals surface area contributed by atoms with Crippen molar-refractivity contribution in [1.82, 2.24) is 0 Å². The van der Waals surface area contributed by atoms with E-state index >= 15 is 0 Å². The number of carbonyl (C=O) groups excluding carboxylic acids is 2. The van der Waals surface area contributed by atoms with Gasteiger partial charge in [0.25, 0.3) is 0 Å². The van der Waals surface area contributed by atoms with Crippen LogP contribution < -0.4 is 4.74 Å². The predicted octanol–water partition coefficient (Wildman–Crippen LogP) is 1.76. The molecule has 0 heterocycles. The number of aliphatic hydroxyl groups excluding tert-OH is 1. The van der Waals surface area contributed by atoms with Crippen molar-refractivity contribution in [3.8, 4) is 5.75 Å². The summed E-state index contributed by atoms with van der Waals surface area (Å²) in [5.74, 6) is -0.609. The largest absolute Gasteiger partial charge is 0.504 e. The highest BCUT2D eigenvalue weighted by atomic mass is 16.5. The van der Waals surface area contributed by atoms with Crippen LogP contribution in [0.1, 0.15) is 5.56 Å². The van der Waals surface area contributed by atoms with Crippen LogP contribution in [0.15, 0.2) is 47.7 Å². The summed E-state index contributed by atoms with van der Waals surface area (Å²) in [5, 5.41) is 9.60. The van der Waals surface area contributed by atoms with Gasteiger partial charge in [-0.05, 0) is 29.8 Å². The Labute approximate surface area is 104 Å². The highest BCUT2D eigenvalue weighted by Gasteiger charge is 2.21. The van der Waals surface area contributed by atoms with E-state index in [1.54, 1.807) is 31.4 Å². The maximum atomic E-state index is 11.6. The molecule has 18 heavy (non-hydrogen) atoms. The number of benzene rings is 1. The minimum absolute atomic E-state index is 0.132. The molecule has 92 valence electrons. The van der Waals surface area contributed by atoms with Crippen LogP contribution in [0.3, 0.4) is 0 Å². The summed E-state index contributed by atoms with van der Waals surface area (Å²) < 4.78 is 5.02. The second-order valence-corrected chi connectivity index (χ2v) is 3.91. The van der Waals surface area contributed by atoms with Gasteiger partial charge in [0, 0.05) is 12.0 Å². The molecule has 1 N–H and O–H groups in total. The van der Waals surface area contributed by atoms with Crippen molar-refractivity contribution in [3.63, 3.8) is 0 Å². The number of carbonyl (C=O) groups is 2. The van der Waals surface area contributed by atoms with Gasteiger partial charge in [-0.2, -0.15) is 0 Å². The van der Waals surface area contributed by atoms with Crippen molar-refractivity contribution >= 4 is 11.6 Å². The molecule has 0 aliphatic heterocycles. The normalized spacial score (nSPS) is 15.2. The lowest BCUT2D eigenvalue weighted by atomic mass is 9.95. The Hall–Kier alpha value is -2.36. The summed E-state index contributed by atoms with van der Waals surface area (Å²) in [5.41, 5.74) is 0.960.